The molecule has 0 spiro atoms. The van der Waals surface area contributed by atoms with Crippen LogP contribution in [0.25, 0.3) is 11.1 Å². The minimum absolute atomic E-state index is 0.0338. The van der Waals surface area contributed by atoms with Gasteiger partial charge < -0.3 is 25.2 Å². The molecule has 1 unspecified atom stereocenters. The number of carboxylic acid groups (broad SMARTS) is 1. The van der Waals surface area contributed by atoms with E-state index in [1.807, 2.05) is 59.9 Å². The van der Waals surface area contributed by atoms with Crippen LogP contribution in [0.5, 0.6) is 0 Å². The third-order valence-corrected chi connectivity index (χ3v) is 7.78. The van der Waals surface area contributed by atoms with Crippen LogP contribution in [0.4, 0.5) is 13.6 Å². The van der Waals surface area contributed by atoms with Crippen molar-refractivity contribution in [2.45, 2.75) is 56.4 Å². The largest absolute Gasteiger partial charge is 0.480 e. The van der Waals surface area contributed by atoms with Crippen molar-refractivity contribution in [1.29, 1.82) is 0 Å². The molecule has 8 nitrogen and oxygen atoms in total. The first-order valence-corrected chi connectivity index (χ1v) is 13.9. The van der Waals surface area contributed by atoms with E-state index in [0.717, 1.165) is 27.8 Å². The van der Waals surface area contributed by atoms with Gasteiger partial charge >= 0.3 is 18.0 Å². The topological polar surface area (TPSA) is 114 Å². The van der Waals surface area contributed by atoms with E-state index >= 15 is 8.78 Å². The van der Waals surface area contributed by atoms with Crippen LogP contribution in [0.3, 0.4) is 0 Å². The summed E-state index contributed by atoms with van der Waals surface area (Å²) >= 11 is 0. The molecule has 42 heavy (non-hydrogen) atoms. The van der Waals surface area contributed by atoms with Crippen molar-refractivity contribution in [3.05, 3.63) is 95.6 Å². The Hall–Kier alpha value is -4.31. The van der Waals surface area contributed by atoms with E-state index in [1.165, 1.54) is 6.92 Å². The zero-order valence-electron chi connectivity index (χ0n) is 23.0. The number of halogens is 2. The third-order valence-electron chi connectivity index (χ3n) is 7.78. The minimum atomic E-state index is -4.10. The lowest BCUT2D eigenvalue weighted by molar-refractivity contribution is -0.158. The molecule has 0 heterocycles. The van der Waals surface area contributed by atoms with Crippen molar-refractivity contribution in [1.82, 2.24) is 10.6 Å². The van der Waals surface area contributed by atoms with Gasteiger partial charge in [0.1, 0.15) is 12.6 Å². The van der Waals surface area contributed by atoms with Crippen molar-refractivity contribution >= 4 is 18.0 Å². The number of hydrogen-bond acceptors (Lipinski definition) is 5. The van der Waals surface area contributed by atoms with Gasteiger partial charge in [0.05, 0.1) is 12.7 Å². The monoisotopic (exact) mass is 578 g/mol. The van der Waals surface area contributed by atoms with Crippen LogP contribution in [0.1, 0.15) is 42.4 Å². The Morgan fingerprint density at radius 3 is 2.05 bits per heavy atom. The minimum Gasteiger partial charge on any atom is -0.480 e. The van der Waals surface area contributed by atoms with E-state index in [4.69, 9.17) is 9.47 Å². The Morgan fingerprint density at radius 1 is 0.905 bits per heavy atom. The average molecular weight is 579 g/mol. The van der Waals surface area contributed by atoms with Crippen molar-refractivity contribution in [3.8, 4) is 11.1 Å². The Morgan fingerprint density at radius 2 is 1.48 bits per heavy atom. The zero-order valence-corrected chi connectivity index (χ0v) is 23.0. The molecular weight excluding hydrogens is 546 g/mol. The van der Waals surface area contributed by atoms with Gasteiger partial charge in [-0.1, -0.05) is 78.9 Å². The second kappa shape index (κ2) is 12.3. The summed E-state index contributed by atoms with van der Waals surface area (Å²) in [5.74, 6) is -8.34. The lowest BCUT2D eigenvalue weighted by Crippen LogP contribution is -2.60. The first-order chi connectivity index (χ1) is 20.2. The highest BCUT2D eigenvalue weighted by Crippen LogP contribution is 2.44. The molecule has 10 heteroatoms. The van der Waals surface area contributed by atoms with Crippen LogP contribution in [-0.4, -0.2) is 53.8 Å². The molecule has 3 N–H and O–H groups in total. The fourth-order valence-electron chi connectivity index (χ4n) is 5.36. The number of fused-ring (bicyclic) bond motifs is 3. The summed E-state index contributed by atoms with van der Waals surface area (Å²) in [5, 5.41) is 13.8. The highest BCUT2D eigenvalue weighted by molar-refractivity contribution is 5.89. The van der Waals surface area contributed by atoms with Gasteiger partial charge in [0.15, 0.2) is 6.04 Å². The van der Waals surface area contributed by atoms with Gasteiger partial charge in [-0.3, -0.25) is 4.79 Å². The van der Waals surface area contributed by atoms with Gasteiger partial charge in [-0.2, -0.15) is 8.78 Å². The van der Waals surface area contributed by atoms with Crippen LogP contribution in [0.2, 0.25) is 0 Å². The lowest BCUT2D eigenvalue weighted by Gasteiger charge is -2.29. The van der Waals surface area contributed by atoms with Gasteiger partial charge in [0.25, 0.3) is 5.91 Å². The van der Waals surface area contributed by atoms with E-state index in [2.05, 4.69) is 5.32 Å². The maximum atomic E-state index is 15.5. The van der Waals surface area contributed by atoms with E-state index < -0.39 is 48.0 Å². The lowest BCUT2D eigenvalue weighted by atomic mass is 9.98. The van der Waals surface area contributed by atoms with Gasteiger partial charge in [0, 0.05) is 5.92 Å². The predicted molar refractivity (Wildman–Crippen MR) is 150 cm³/mol. The Kier molecular flexibility index (Phi) is 8.54. The van der Waals surface area contributed by atoms with E-state index in [9.17, 15) is 19.5 Å². The van der Waals surface area contributed by atoms with Crippen molar-refractivity contribution in [3.63, 3.8) is 0 Å². The Labute approximate surface area is 242 Å². The SMILES string of the molecule is C[C@H](OCc1ccccc1)[C@@H](NC(=O)C(F)(F)C(NC(=O)OCC1c2ccccc2-c2ccccc21)C1CC1)C(=O)O. The van der Waals surface area contributed by atoms with Crippen LogP contribution in [0, 0.1) is 5.92 Å². The first-order valence-electron chi connectivity index (χ1n) is 13.9. The van der Waals surface area contributed by atoms with Gasteiger partial charge in [-0.15, -0.1) is 0 Å². The highest BCUT2D eigenvalue weighted by Gasteiger charge is 2.55. The first kappa shape index (κ1) is 29.2. The molecule has 3 aromatic carbocycles. The number of alkyl halides is 2. The molecule has 2 aliphatic carbocycles. The summed E-state index contributed by atoms with van der Waals surface area (Å²) in [4.78, 5) is 37.4. The fourth-order valence-corrected chi connectivity index (χ4v) is 5.36. The van der Waals surface area contributed by atoms with Crippen molar-refractivity contribution < 1.29 is 37.7 Å². The standard InChI is InChI=1S/C32H32F2N2O6/c1-19(41-17-20-9-3-2-4-10-20)27(29(37)38)35-30(39)32(33,34)28(21-15-16-21)36-31(40)42-18-26-24-13-7-5-11-22(24)23-12-6-8-14-25(23)26/h2-14,19,21,26-28H,15-18H2,1H3,(H,35,39)(H,36,40)(H,37,38)/t19-,27+,28?/m0/s1. The van der Waals surface area contributed by atoms with Gasteiger partial charge in [0.2, 0.25) is 0 Å². The maximum absolute atomic E-state index is 15.5. The summed E-state index contributed by atoms with van der Waals surface area (Å²) in [6, 6.07) is 20.8. The molecule has 0 bridgehead atoms. The molecule has 220 valence electrons. The Balaban J connectivity index is 1.22. The summed E-state index contributed by atoms with van der Waals surface area (Å²) in [6.45, 7) is 1.34. The average Bonchev–Trinajstić information content (AvgIpc) is 3.78. The highest BCUT2D eigenvalue weighted by atomic mass is 19.3. The molecule has 0 saturated heterocycles. The summed E-state index contributed by atoms with van der Waals surface area (Å²) in [6.07, 6.45) is -1.42. The number of aliphatic carboxylic acids is 1. The maximum Gasteiger partial charge on any atom is 0.407 e. The van der Waals surface area contributed by atoms with Crippen LogP contribution >= 0.6 is 0 Å². The van der Waals surface area contributed by atoms with Gasteiger partial charge in [-0.05, 0) is 53.5 Å². The molecule has 3 aromatic rings. The number of carbonyl (C=O) groups excluding carboxylic acids is 2. The van der Waals surface area contributed by atoms with Crippen LogP contribution in [0.15, 0.2) is 78.9 Å². The Bertz CT molecular complexity index is 1400. The molecule has 0 aliphatic heterocycles. The smallest absolute Gasteiger partial charge is 0.407 e. The number of alkyl carbamates (subject to hydrolysis) is 1. The molecule has 1 fully saturated rings. The van der Waals surface area contributed by atoms with E-state index in [0.29, 0.717) is 12.8 Å². The summed E-state index contributed by atoms with van der Waals surface area (Å²) < 4.78 is 42.0. The fraction of sp³-hybridized carbons (Fsp3) is 0.344. The molecule has 0 aromatic heterocycles. The van der Waals surface area contributed by atoms with Crippen molar-refractivity contribution in [2.75, 3.05) is 6.61 Å². The number of nitrogens with one attached hydrogen (secondary N) is 2. The number of carbonyl (C=O) groups is 3. The van der Waals surface area contributed by atoms with Gasteiger partial charge in [-0.25, -0.2) is 9.59 Å². The quantitative estimate of drug-likeness (QED) is 0.275. The normalized spacial score (nSPS) is 16.5. The van der Waals surface area contributed by atoms with E-state index in [-0.39, 0.29) is 19.1 Å². The second-order valence-corrected chi connectivity index (χ2v) is 10.7. The third kappa shape index (κ3) is 6.28. The number of hydrogen-bond donors (Lipinski definition) is 3. The number of benzene rings is 3. The molecule has 5 rings (SSSR count). The van der Waals surface area contributed by atoms with Crippen molar-refractivity contribution in [2.24, 2.45) is 5.92 Å². The van der Waals surface area contributed by atoms with Crippen LogP contribution < -0.4 is 10.6 Å². The molecule has 2 aliphatic rings. The molecular formula is C32H32F2N2O6. The van der Waals surface area contributed by atoms with Crippen LogP contribution in [-0.2, 0) is 25.7 Å². The number of rotatable bonds is 12. The number of ether oxygens (including phenoxy) is 2. The molecule has 2 amide bonds. The molecule has 0 radical (unpaired) electrons. The zero-order chi connectivity index (χ0) is 29.9. The molecule has 1 saturated carbocycles. The molecule has 3 atom stereocenters. The summed E-state index contributed by atoms with van der Waals surface area (Å²) in [7, 11) is 0. The second-order valence-electron chi connectivity index (χ2n) is 10.7. The predicted octanol–water partition coefficient (Wildman–Crippen LogP) is 5.11. The number of amides is 2. The summed E-state index contributed by atoms with van der Waals surface area (Å²) in [5.41, 5.74) is 4.75. The van der Waals surface area contributed by atoms with E-state index in [1.54, 1.807) is 24.3 Å². The number of carboxylic acids is 1.